The van der Waals surface area contributed by atoms with Gasteiger partial charge in [0.15, 0.2) is 0 Å². The highest BCUT2D eigenvalue weighted by molar-refractivity contribution is 5.33. The van der Waals surface area contributed by atoms with Crippen molar-refractivity contribution in [1.29, 1.82) is 0 Å². The van der Waals surface area contributed by atoms with E-state index in [1.54, 1.807) is 6.92 Å². The fraction of sp³-hybridized carbons (Fsp3) is 0.625. The Morgan fingerprint density at radius 1 is 1.53 bits per heavy atom. The summed E-state index contributed by atoms with van der Waals surface area (Å²) in [5, 5.41) is 10.0. The van der Waals surface area contributed by atoms with Crippen LogP contribution in [0.2, 0.25) is 0 Å². The van der Waals surface area contributed by atoms with Crippen LogP contribution in [-0.4, -0.2) is 10.7 Å². The van der Waals surface area contributed by atoms with Gasteiger partial charge in [0, 0.05) is 6.42 Å². The Kier molecular flexibility index (Phi) is 4.22. The molecule has 1 aliphatic carbocycles. The molecule has 1 heteroatoms. The van der Waals surface area contributed by atoms with Gasteiger partial charge in [0.05, 0.1) is 5.60 Å². The van der Waals surface area contributed by atoms with E-state index < -0.39 is 5.60 Å². The molecular weight excluding hydrogens is 208 g/mol. The molecule has 1 N–H and O–H groups in total. The second-order valence-corrected chi connectivity index (χ2v) is 6.00. The van der Waals surface area contributed by atoms with Crippen LogP contribution in [0, 0.1) is 17.8 Å². The van der Waals surface area contributed by atoms with E-state index in [-0.39, 0.29) is 5.41 Å². The zero-order valence-corrected chi connectivity index (χ0v) is 11.5. The molecule has 17 heavy (non-hydrogen) atoms. The predicted molar refractivity (Wildman–Crippen MR) is 73.5 cm³/mol. The third-order valence-electron chi connectivity index (χ3n) is 3.61. The van der Waals surface area contributed by atoms with Gasteiger partial charge in [-0.2, -0.15) is 0 Å². The molecular formula is C16H24O. The van der Waals surface area contributed by atoms with Gasteiger partial charge in [-0.3, -0.25) is 0 Å². The van der Waals surface area contributed by atoms with Gasteiger partial charge in [-0.25, -0.2) is 0 Å². The predicted octanol–water partition coefficient (Wildman–Crippen LogP) is 3.84. The van der Waals surface area contributed by atoms with E-state index in [2.05, 4.69) is 32.8 Å². The van der Waals surface area contributed by atoms with E-state index in [0.717, 1.165) is 0 Å². The van der Waals surface area contributed by atoms with Crippen LogP contribution in [0.4, 0.5) is 0 Å². The van der Waals surface area contributed by atoms with Crippen molar-refractivity contribution in [3.8, 4) is 12.3 Å². The van der Waals surface area contributed by atoms with Crippen LogP contribution in [0.25, 0.3) is 0 Å². The molecule has 1 atom stereocenters. The molecule has 0 aromatic heterocycles. The fourth-order valence-electron chi connectivity index (χ4n) is 2.54. The standard InChI is InChI=1S/C16H24O/c1-6-10-16(5,17)12-9-14-13(2)8-7-11-15(14,3)4/h1,9,12,17H,7-8,10-11H2,2-5H3/b12-9-/t16-/m0/s1. The summed E-state index contributed by atoms with van der Waals surface area (Å²) in [5.74, 6) is 2.51. The Bertz CT molecular complexity index is 375. The highest BCUT2D eigenvalue weighted by atomic mass is 16.3. The van der Waals surface area contributed by atoms with Gasteiger partial charge in [0.2, 0.25) is 0 Å². The lowest BCUT2D eigenvalue weighted by molar-refractivity contribution is 0.117. The van der Waals surface area contributed by atoms with E-state index in [4.69, 9.17) is 6.42 Å². The summed E-state index contributed by atoms with van der Waals surface area (Å²) in [5.41, 5.74) is 2.12. The number of hydrogen-bond donors (Lipinski definition) is 1. The molecule has 0 unspecified atom stereocenters. The molecule has 1 nitrogen and oxygen atoms in total. The lowest BCUT2D eigenvalue weighted by Crippen LogP contribution is -2.22. The summed E-state index contributed by atoms with van der Waals surface area (Å²) in [6, 6.07) is 0. The van der Waals surface area contributed by atoms with E-state index in [1.165, 1.54) is 30.4 Å². The molecule has 0 amide bonds. The molecule has 94 valence electrons. The summed E-state index contributed by atoms with van der Waals surface area (Å²) >= 11 is 0. The van der Waals surface area contributed by atoms with Crippen LogP contribution in [0.5, 0.6) is 0 Å². The van der Waals surface area contributed by atoms with Crippen molar-refractivity contribution in [3.63, 3.8) is 0 Å². The smallest absolute Gasteiger partial charge is 0.0911 e. The van der Waals surface area contributed by atoms with E-state index in [9.17, 15) is 5.11 Å². The molecule has 0 saturated carbocycles. The average Bonchev–Trinajstić information content (AvgIpc) is 2.15. The SMILES string of the molecule is C#CC[C@](C)(O)/C=C\C1=C(C)CCCC1(C)C. The van der Waals surface area contributed by atoms with Crippen LogP contribution in [0.1, 0.15) is 53.4 Å². The zero-order chi connectivity index (χ0) is 13.1. The highest BCUT2D eigenvalue weighted by Crippen LogP contribution is 2.40. The van der Waals surface area contributed by atoms with Gasteiger partial charge >= 0.3 is 0 Å². The first-order valence-corrected chi connectivity index (χ1v) is 6.34. The van der Waals surface area contributed by atoms with E-state index in [0.29, 0.717) is 6.42 Å². The van der Waals surface area contributed by atoms with E-state index in [1.807, 2.05) is 6.08 Å². The maximum Gasteiger partial charge on any atom is 0.0911 e. The summed E-state index contributed by atoms with van der Waals surface area (Å²) in [7, 11) is 0. The molecule has 0 fully saturated rings. The lowest BCUT2D eigenvalue weighted by atomic mass is 9.72. The lowest BCUT2D eigenvalue weighted by Gasteiger charge is -2.33. The van der Waals surface area contributed by atoms with Crippen LogP contribution < -0.4 is 0 Å². The Morgan fingerprint density at radius 3 is 2.71 bits per heavy atom. The molecule has 0 spiro atoms. The maximum atomic E-state index is 10.0. The summed E-state index contributed by atoms with van der Waals surface area (Å²) in [6.07, 6.45) is 13.2. The van der Waals surface area contributed by atoms with Crippen LogP contribution >= 0.6 is 0 Å². The molecule has 1 rings (SSSR count). The number of allylic oxidation sites excluding steroid dienone is 3. The number of rotatable bonds is 3. The molecule has 0 aliphatic heterocycles. The molecule has 0 saturated heterocycles. The average molecular weight is 232 g/mol. The van der Waals surface area contributed by atoms with Crippen LogP contribution in [0.3, 0.4) is 0 Å². The topological polar surface area (TPSA) is 20.2 Å². The minimum absolute atomic E-state index is 0.213. The summed E-state index contributed by atoms with van der Waals surface area (Å²) in [4.78, 5) is 0. The van der Waals surface area contributed by atoms with Crippen molar-refractivity contribution in [2.75, 3.05) is 0 Å². The monoisotopic (exact) mass is 232 g/mol. The van der Waals surface area contributed by atoms with Gasteiger partial charge in [0.25, 0.3) is 0 Å². The molecule has 0 heterocycles. The van der Waals surface area contributed by atoms with Crippen LogP contribution in [-0.2, 0) is 0 Å². The van der Waals surface area contributed by atoms with Crippen molar-refractivity contribution in [2.24, 2.45) is 5.41 Å². The van der Waals surface area contributed by atoms with Crippen molar-refractivity contribution in [1.82, 2.24) is 0 Å². The van der Waals surface area contributed by atoms with Gasteiger partial charge in [-0.15, -0.1) is 12.3 Å². The second-order valence-electron chi connectivity index (χ2n) is 6.00. The number of aliphatic hydroxyl groups is 1. The minimum Gasteiger partial charge on any atom is -0.385 e. The Hall–Kier alpha value is -1.00. The molecule has 0 bridgehead atoms. The summed E-state index contributed by atoms with van der Waals surface area (Å²) in [6.45, 7) is 8.49. The van der Waals surface area contributed by atoms with Crippen molar-refractivity contribution >= 4 is 0 Å². The maximum absolute atomic E-state index is 10.0. The third kappa shape index (κ3) is 3.75. The molecule has 0 aromatic carbocycles. The summed E-state index contributed by atoms with van der Waals surface area (Å²) < 4.78 is 0. The number of hydrogen-bond acceptors (Lipinski definition) is 1. The van der Waals surface area contributed by atoms with E-state index >= 15 is 0 Å². The van der Waals surface area contributed by atoms with Gasteiger partial charge in [-0.05, 0) is 44.1 Å². The first-order valence-electron chi connectivity index (χ1n) is 6.34. The minimum atomic E-state index is -0.893. The van der Waals surface area contributed by atoms with Gasteiger partial charge in [-0.1, -0.05) is 31.6 Å². The van der Waals surface area contributed by atoms with Crippen molar-refractivity contribution in [2.45, 2.75) is 59.0 Å². The quantitative estimate of drug-likeness (QED) is 0.733. The zero-order valence-electron chi connectivity index (χ0n) is 11.5. The largest absolute Gasteiger partial charge is 0.385 e. The van der Waals surface area contributed by atoms with Gasteiger partial charge in [0.1, 0.15) is 0 Å². The third-order valence-corrected chi connectivity index (χ3v) is 3.61. The second kappa shape index (κ2) is 5.10. The van der Waals surface area contributed by atoms with Crippen LogP contribution in [0.15, 0.2) is 23.3 Å². The van der Waals surface area contributed by atoms with Crippen molar-refractivity contribution < 1.29 is 5.11 Å². The highest BCUT2D eigenvalue weighted by Gasteiger charge is 2.27. The Morgan fingerprint density at radius 2 is 2.18 bits per heavy atom. The Labute approximate surface area is 106 Å². The molecule has 0 aromatic rings. The molecule has 1 aliphatic rings. The van der Waals surface area contributed by atoms with Crippen molar-refractivity contribution in [3.05, 3.63) is 23.3 Å². The normalized spacial score (nSPS) is 23.5. The fourth-order valence-corrected chi connectivity index (χ4v) is 2.54. The Balaban J connectivity index is 2.93. The first kappa shape index (κ1) is 14.1. The molecule has 0 radical (unpaired) electrons. The van der Waals surface area contributed by atoms with Gasteiger partial charge < -0.3 is 5.11 Å². The first-order chi connectivity index (χ1) is 7.78. The number of terminal acetylenes is 1.